The molecule has 1 rings (SSSR count). The number of rotatable bonds is 7. The highest BCUT2D eigenvalue weighted by Crippen LogP contribution is 2.22. The molecule has 0 aliphatic heterocycles. The van der Waals surface area contributed by atoms with Crippen LogP contribution < -0.4 is 10.1 Å². The van der Waals surface area contributed by atoms with Gasteiger partial charge in [0.1, 0.15) is 11.4 Å². The van der Waals surface area contributed by atoms with E-state index in [0.717, 1.165) is 36.7 Å². The van der Waals surface area contributed by atoms with Crippen LogP contribution in [0.4, 0.5) is 0 Å². The molecule has 1 atom stereocenters. The SMILES string of the molecule is CCCNCC(C)(CC)Oc1ccc(Cl)cc1. The molecule has 0 heterocycles. The maximum absolute atomic E-state index is 6.03. The smallest absolute Gasteiger partial charge is 0.120 e. The predicted octanol–water partition coefficient (Wildman–Crippen LogP) is 3.89. The minimum Gasteiger partial charge on any atom is -0.486 e. The van der Waals surface area contributed by atoms with E-state index in [0.29, 0.717) is 0 Å². The van der Waals surface area contributed by atoms with Crippen LogP contribution in [0.25, 0.3) is 0 Å². The molecular formula is C14H22ClNO. The monoisotopic (exact) mass is 255 g/mol. The van der Waals surface area contributed by atoms with Gasteiger partial charge in [0, 0.05) is 11.6 Å². The Bertz CT molecular complexity index is 325. The number of halogens is 1. The minimum absolute atomic E-state index is 0.164. The van der Waals surface area contributed by atoms with Crippen molar-refractivity contribution in [3.63, 3.8) is 0 Å². The molecule has 0 saturated carbocycles. The molecule has 3 heteroatoms. The first-order valence-corrected chi connectivity index (χ1v) is 6.62. The maximum Gasteiger partial charge on any atom is 0.120 e. The lowest BCUT2D eigenvalue weighted by Gasteiger charge is -2.30. The molecular weight excluding hydrogens is 234 g/mol. The predicted molar refractivity (Wildman–Crippen MR) is 73.9 cm³/mol. The molecule has 1 aromatic rings. The third kappa shape index (κ3) is 4.97. The van der Waals surface area contributed by atoms with E-state index >= 15 is 0 Å². The van der Waals surface area contributed by atoms with E-state index in [-0.39, 0.29) is 5.60 Å². The summed E-state index contributed by atoms with van der Waals surface area (Å²) in [5.74, 6) is 0.872. The van der Waals surface area contributed by atoms with E-state index in [1.54, 1.807) is 0 Å². The molecule has 0 bridgehead atoms. The van der Waals surface area contributed by atoms with Gasteiger partial charge in [-0.25, -0.2) is 0 Å². The van der Waals surface area contributed by atoms with Crippen LogP contribution in [-0.2, 0) is 0 Å². The van der Waals surface area contributed by atoms with Crippen LogP contribution in [-0.4, -0.2) is 18.7 Å². The molecule has 0 aliphatic rings. The first kappa shape index (κ1) is 14.3. The number of hydrogen-bond acceptors (Lipinski definition) is 2. The Morgan fingerprint density at radius 1 is 1.24 bits per heavy atom. The van der Waals surface area contributed by atoms with Crippen molar-refractivity contribution in [3.8, 4) is 5.75 Å². The largest absolute Gasteiger partial charge is 0.486 e. The Hall–Kier alpha value is -0.730. The molecule has 0 aromatic heterocycles. The second kappa shape index (κ2) is 6.87. The summed E-state index contributed by atoms with van der Waals surface area (Å²) in [6, 6.07) is 7.53. The fourth-order valence-corrected chi connectivity index (χ4v) is 1.68. The minimum atomic E-state index is -0.164. The average Bonchev–Trinajstić information content (AvgIpc) is 2.33. The summed E-state index contributed by atoms with van der Waals surface area (Å²) in [5.41, 5.74) is -0.164. The molecule has 0 fully saturated rings. The van der Waals surface area contributed by atoms with E-state index < -0.39 is 0 Å². The van der Waals surface area contributed by atoms with Crippen LogP contribution in [0.1, 0.15) is 33.6 Å². The molecule has 1 aromatic carbocycles. The van der Waals surface area contributed by atoms with Gasteiger partial charge in [-0.05, 0) is 50.6 Å². The standard InChI is InChI=1S/C14H22ClNO/c1-4-10-16-11-14(3,5-2)17-13-8-6-12(15)7-9-13/h6-9,16H,4-5,10-11H2,1-3H3. The fourth-order valence-electron chi connectivity index (χ4n) is 1.55. The fraction of sp³-hybridized carbons (Fsp3) is 0.571. The highest BCUT2D eigenvalue weighted by atomic mass is 35.5. The molecule has 1 N–H and O–H groups in total. The highest BCUT2D eigenvalue weighted by Gasteiger charge is 2.23. The summed E-state index contributed by atoms with van der Waals surface area (Å²) >= 11 is 5.85. The summed E-state index contributed by atoms with van der Waals surface area (Å²) in [5, 5.41) is 4.14. The van der Waals surface area contributed by atoms with Crippen molar-refractivity contribution in [3.05, 3.63) is 29.3 Å². The second-order valence-electron chi connectivity index (χ2n) is 4.54. The summed E-state index contributed by atoms with van der Waals surface area (Å²) in [4.78, 5) is 0. The third-order valence-corrected chi connectivity index (χ3v) is 3.10. The molecule has 2 nitrogen and oxygen atoms in total. The molecule has 1 unspecified atom stereocenters. The summed E-state index contributed by atoms with van der Waals surface area (Å²) in [6.07, 6.45) is 2.10. The Morgan fingerprint density at radius 3 is 2.41 bits per heavy atom. The van der Waals surface area contributed by atoms with Crippen LogP contribution in [0.3, 0.4) is 0 Å². The van der Waals surface area contributed by atoms with Gasteiger partial charge in [0.05, 0.1) is 0 Å². The molecule has 0 aliphatic carbocycles. The zero-order valence-corrected chi connectivity index (χ0v) is 11.7. The summed E-state index contributed by atoms with van der Waals surface area (Å²) in [7, 11) is 0. The number of benzene rings is 1. The zero-order valence-electron chi connectivity index (χ0n) is 10.9. The van der Waals surface area contributed by atoms with Crippen LogP contribution in [0.5, 0.6) is 5.75 Å². The van der Waals surface area contributed by atoms with Gasteiger partial charge in [0.15, 0.2) is 0 Å². The van der Waals surface area contributed by atoms with Gasteiger partial charge >= 0.3 is 0 Å². The van der Waals surface area contributed by atoms with Crippen LogP contribution in [0, 0.1) is 0 Å². The Morgan fingerprint density at radius 2 is 1.88 bits per heavy atom. The average molecular weight is 256 g/mol. The summed E-state index contributed by atoms with van der Waals surface area (Å²) in [6.45, 7) is 8.32. The van der Waals surface area contributed by atoms with Crippen molar-refractivity contribution in [1.29, 1.82) is 0 Å². The lowest BCUT2D eigenvalue weighted by Crippen LogP contribution is -2.42. The van der Waals surface area contributed by atoms with E-state index in [9.17, 15) is 0 Å². The summed E-state index contributed by atoms with van der Waals surface area (Å²) < 4.78 is 6.03. The molecule has 0 saturated heterocycles. The van der Waals surface area contributed by atoms with Gasteiger partial charge < -0.3 is 10.1 Å². The van der Waals surface area contributed by atoms with Crippen molar-refractivity contribution in [2.75, 3.05) is 13.1 Å². The molecule has 0 spiro atoms. The highest BCUT2D eigenvalue weighted by molar-refractivity contribution is 6.30. The maximum atomic E-state index is 6.03. The molecule has 0 radical (unpaired) electrons. The van der Waals surface area contributed by atoms with E-state index in [4.69, 9.17) is 16.3 Å². The van der Waals surface area contributed by atoms with Gasteiger partial charge in [-0.1, -0.05) is 25.4 Å². The Balaban J connectivity index is 2.58. The van der Waals surface area contributed by atoms with Crippen molar-refractivity contribution in [2.24, 2.45) is 0 Å². The third-order valence-electron chi connectivity index (χ3n) is 2.85. The quantitative estimate of drug-likeness (QED) is 0.747. The molecule has 17 heavy (non-hydrogen) atoms. The van der Waals surface area contributed by atoms with Crippen LogP contribution in [0.15, 0.2) is 24.3 Å². The van der Waals surface area contributed by atoms with Gasteiger partial charge in [0.2, 0.25) is 0 Å². The number of hydrogen-bond donors (Lipinski definition) is 1. The van der Waals surface area contributed by atoms with Gasteiger partial charge in [-0.2, -0.15) is 0 Å². The number of nitrogens with one attached hydrogen (secondary N) is 1. The van der Waals surface area contributed by atoms with Crippen LogP contribution in [0.2, 0.25) is 5.02 Å². The Labute approximate surface area is 109 Å². The zero-order chi connectivity index (χ0) is 12.7. The normalized spacial score (nSPS) is 14.4. The first-order valence-electron chi connectivity index (χ1n) is 6.25. The molecule has 96 valence electrons. The Kier molecular flexibility index (Phi) is 5.79. The van der Waals surface area contributed by atoms with E-state index in [1.807, 2.05) is 24.3 Å². The second-order valence-corrected chi connectivity index (χ2v) is 4.97. The van der Waals surface area contributed by atoms with Gasteiger partial charge in [-0.3, -0.25) is 0 Å². The molecule has 0 amide bonds. The van der Waals surface area contributed by atoms with Gasteiger partial charge in [0.25, 0.3) is 0 Å². The van der Waals surface area contributed by atoms with E-state index in [1.165, 1.54) is 0 Å². The topological polar surface area (TPSA) is 21.3 Å². The first-order chi connectivity index (χ1) is 8.09. The van der Waals surface area contributed by atoms with Crippen molar-refractivity contribution in [2.45, 2.75) is 39.2 Å². The lowest BCUT2D eigenvalue weighted by molar-refractivity contribution is 0.0838. The van der Waals surface area contributed by atoms with Crippen molar-refractivity contribution in [1.82, 2.24) is 5.32 Å². The van der Waals surface area contributed by atoms with Crippen molar-refractivity contribution >= 4 is 11.6 Å². The van der Waals surface area contributed by atoms with Crippen molar-refractivity contribution < 1.29 is 4.74 Å². The number of ether oxygens (including phenoxy) is 1. The van der Waals surface area contributed by atoms with E-state index in [2.05, 4.69) is 26.1 Å². The van der Waals surface area contributed by atoms with Crippen LogP contribution >= 0.6 is 11.6 Å². The lowest BCUT2D eigenvalue weighted by atomic mass is 10.0. The van der Waals surface area contributed by atoms with Gasteiger partial charge in [-0.15, -0.1) is 0 Å².